The van der Waals surface area contributed by atoms with Gasteiger partial charge in [0.15, 0.2) is 0 Å². The van der Waals surface area contributed by atoms with Gasteiger partial charge >= 0.3 is 11.9 Å². The smallest absolute Gasteiger partial charge is 0.306 e. The molecule has 0 aliphatic rings. The van der Waals surface area contributed by atoms with Gasteiger partial charge in [-0.2, -0.15) is 0 Å². The lowest BCUT2D eigenvalue weighted by Crippen LogP contribution is -2.22. The van der Waals surface area contributed by atoms with Crippen molar-refractivity contribution in [3.63, 3.8) is 0 Å². The lowest BCUT2D eigenvalue weighted by atomic mass is 9.90. The molecular formula is C26H51NO4. The highest BCUT2D eigenvalue weighted by Crippen LogP contribution is 2.23. The third kappa shape index (κ3) is 20.6. The zero-order valence-corrected chi connectivity index (χ0v) is 21.3. The summed E-state index contributed by atoms with van der Waals surface area (Å²) in [4.78, 5) is 26.1. The van der Waals surface area contributed by atoms with Crippen LogP contribution >= 0.6 is 0 Å². The fourth-order valence-corrected chi connectivity index (χ4v) is 3.81. The van der Waals surface area contributed by atoms with Gasteiger partial charge in [0.2, 0.25) is 0 Å². The van der Waals surface area contributed by atoms with E-state index >= 15 is 0 Å². The molecule has 0 rings (SSSR count). The fourth-order valence-electron chi connectivity index (χ4n) is 3.81. The molecule has 1 unspecified atom stereocenters. The number of unbranched alkanes of at least 4 members (excludes halogenated alkanes) is 6. The molecule has 0 fully saturated rings. The lowest BCUT2D eigenvalue weighted by molar-refractivity contribution is -0.158. The van der Waals surface area contributed by atoms with Gasteiger partial charge in [0, 0.05) is 12.8 Å². The Morgan fingerprint density at radius 2 is 1.32 bits per heavy atom. The van der Waals surface area contributed by atoms with Crippen LogP contribution < -0.4 is 0 Å². The van der Waals surface area contributed by atoms with E-state index in [1.54, 1.807) is 6.92 Å². The van der Waals surface area contributed by atoms with E-state index < -0.39 is 0 Å². The monoisotopic (exact) mass is 441 g/mol. The summed E-state index contributed by atoms with van der Waals surface area (Å²) in [6.07, 6.45) is 15.8. The second-order valence-corrected chi connectivity index (χ2v) is 9.35. The zero-order chi connectivity index (χ0) is 23.3. The standard InChI is InChI=1S/C26H51NO4/c1-6-8-11-16-24(17-12-9-7-2)18-15-20-25(28)30-22-23(3)31-26(29)19-13-10-14-21-27(4)5/h23-24H,6-22H2,1-5H3. The third-order valence-electron chi connectivity index (χ3n) is 5.72. The van der Waals surface area contributed by atoms with Gasteiger partial charge in [0.1, 0.15) is 12.7 Å². The molecule has 0 aliphatic carbocycles. The molecule has 0 aromatic carbocycles. The Hall–Kier alpha value is -1.10. The van der Waals surface area contributed by atoms with Crippen LogP contribution in [0, 0.1) is 5.92 Å². The van der Waals surface area contributed by atoms with Crippen LogP contribution in [0.5, 0.6) is 0 Å². The van der Waals surface area contributed by atoms with Crippen LogP contribution in [0.2, 0.25) is 0 Å². The molecule has 0 spiro atoms. The average Bonchev–Trinajstić information content (AvgIpc) is 2.71. The molecule has 1 atom stereocenters. The largest absolute Gasteiger partial charge is 0.462 e. The zero-order valence-electron chi connectivity index (χ0n) is 21.3. The molecule has 0 aromatic heterocycles. The molecule has 0 radical (unpaired) electrons. The SMILES string of the molecule is CCCCCC(CCCCC)CCCC(=O)OCC(C)OC(=O)CCCCCN(C)C. The molecule has 5 heteroatoms. The van der Waals surface area contributed by atoms with Gasteiger partial charge in [-0.05, 0) is 59.2 Å². The predicted molar refractivity (Wildman–Crippen MR) is 129 cm³/mol. The van der Waals surface area contributed by atoms with Gasteiger partial charge in [-0.15, -0.1) is 0 Å². The average molecular weight is 442 g/mol. The van der Waals surface area contributed by atoms with Crippen molar-refractivity contribution >= 4 is 11.9 Å². The Morgan fingerprint density at radius 1 is 0.742 bits per heavy atom. The minimum absolute atomic E-state index is 0.154. The first-order chi connectivity index (χ1) is 14.9. The summed E-state index contributed by atoms with van der Waals surface area (Å²) < 4.78 is 10.7. The Morgan fingerprint density at radius 3 is 1.90 bits per heavy atom. The van der Waals surface area contributed by atoms with Gasteiger partial charge in [0.05, 0.1) is 0 Å². The van der Waals surface area contributed by atoms with Crippen molar-refractivity contribution in [2.24, 2.45) is 5.92 Å². The van der Waals surface area contributed by atoms with Gasteiger partial charge in [-0.1, -0.05) is 71.6 Å². The number of carbonyl (C=O) groups excluding carboxylic acids is 2. The van der Waals surface area contributed by atoms with Gasteiger partial charge in [-0.3, -0.25) is 9.59 Å². The highest BCUT2D eigenvalue weighted by atomic mass is 16.6. The summed E-state index contributed by atoms with van der Waals surface area (Å²) in [6, 6.07) is 0. The molecule has 0 saturated carbocycles. The summed E-state index contributed by atoms with van der Waals surface area (Å²) in [5, 5.41) is 0. The van der Waals surface area contributed by atoms with E-state index in [4.69, 9.17) is 9.47 Å². The van der Waals surface area contributed by atoms with Crippen LogP contribution in [-0.2, 0) is 19.1 Å². The highest BCUT2D eigenvalue weighted by Gasteiger charge is 2.14. The Balaban J connectivity index is 3.91. The van der Waals surface area contributed by atoms with E-state index in [0.717, 1.165) is 44.6 Å². The Bertz CT molecular complexity index is 429. The summed E-state index contributed by atoms with van der Waals surface area (Å²) in [6.45, 7) is 7.47. The van der Waals surface area contributed by atoms with Crippen LogP contribution in [0.3, 0.4) is 0 Å². The molecular weight excluding hydrogens is 390 g/mol. The molecule has 0 aromatic rings. The minimum atomic E-state index is -0.380. The minimum Gasteiger partial charge on any atom is -0.462 e. The number of hydrogen-bond acceptors (Lipinski definition) is 5. The summed E-state index contributed by atoms with van der Waals surface area (Å²) in [7, 11) is 4.10. The lowest BCUT2D eigenvalue weighted by Gasteiger charge is -2.17. The maximum Gasteiger partial charge on any atom is 0.306 e. The molecule has 184 valence electrons. The van der Waals surface area contributed by atoms with Crippen molar-refractivity contribution in [1.29, 1.82) is 0 Å². The third-order valence-corrected chi connectivity index (χ3v) is 5.72. The van der Waals surface area contributed by atoms with Crippen molar-refractivity contribution in [3.05, 3.63) is 0 Å². The van der Waals surface area contributed by atoms with Gasteiger partial charge < -0.3 is 14.4 Å². The second kappa shape index (κ2) is 20.8. The molecule has 0 saturated heterocycles. The number of ether oxygens (including phenoxy) is 2. The predicted octanol–water partition coefficient (Wildman–Crippen LogP) is 6.53. The number of rotatable bonds is 21. The van der Waals surface area contributed by atoms with Crippen LogP contribution in [0.25, 0.3) is 0 Å². The van der Waals surface area contributed by atoms with Crippen LogP contribution in [0.1, 0.15) is 117 Å². The molecule has 0 N–H and O–H groups in total. The maximum atomic E-state index is 12.1. The van der Waals surface area contributed by atoms with Crippen LogP contribution in [0.15, 0.2) is 0 Å². The number of hydrogen-bond donors (Lipinski definition) is 0. The fraction of sp³-hybridized carbons (Fsp3) is 0.923. The normalized spacial score (nSPS) is 12.4. The van der Waals surface area contributed by atoms with Crippen molar-refractivity contribution in [2.45, 2.75) is 123 Å². The number of esters is 2. The Labute approximate surface area is 192 Å². The number of nitrogens with zero attached hydrogens (tertiary/aromatic N) is 1. The van der Waals surface area contributed by atoms with E-state index in [9.17, 15) is 9.59 Å². The van der Waals surface area contributed by atoms with Crippen molar-refractivity contribution < 1.29 is 19.1 Å². The van der Waals surface area contributed by atoms with E-state index in [0.29, 0.717) is 12.8 Å². The molecule has 31 heavy (non-hydrogen) atoms. The first kappa shape index (κ1) is 29.9. The molecule has 0 heterocycles. The molecule has 0 aliphatic heterocycles. The highest BCUT2D eigenvalue weighted by molar-refractivity contribution is 5.70. The Kier molecular flexibility index (Phi) is 20.0. The topological polar surface area (TPSA) is 55.8 Å². The van der Waals surface area contributed by atoms with Crippen molar-refractivity contribution in [1.82, 2.24) is 4.90 Å². The van der Waals surface area contributed by atoms with E-state index in [1.165, 1.54) is 51.4 Å². The molecule has 0 amide bonds. The molecule has 5 nitrogen and oxygen atoms in total. The number of carbonyl (C=O) groups is 2. The molecule has 0 bridgehead atoms. The van der Waals surface area contributed by atoms with E-state index in [-0.39, 0.29) is 24.6 Å². The second-order valence-electron chi connectivity index (χ2n) is 9.35. The maximum absolute atomic E-state index is 12.1. The van der Waals surface area contributed by atoms with E-state index in [1.807, 2.05) is 0 Å². The summed E-state index contributed by atoms with van der Waals surface area (Å²) in [5.41, 5.74) is 0. The van der Waals surface area contributed by atoms with Gasteiger partial charge in [-0.25, -0.2) is 0 Å². The summed E-state index contributed by atoms with van der Waals surface area (Å²) in [5.74, 6) is 0.367. The first-order valence-corrected chi connectivity index (χ1v) is 12.9. The van der Waals surface area contributed by atoms with Crippen molar-refractivity contribution in [2.75, 3.05) is 27.2 Å². The quantitative estimate of drug-likeness (QED) is 0.150. The van der Waals surface area contributed by atoms with E-state index in [2.05, 4.69) is 32.8 Å². The van der Waals surface area contributed by atoms with Crippen molar-refractivity contribution in [3.8, 4) is 0 Å². The van der Waals surface area contributed by atoms with Gasteiger partial charge in [0.25, 0.3) is 0 Å². The first-order valence-electron chi connectivity index (χ1n) is 12.9. The van der Waals surface area contributed by atoms with Crippen LogP contribution in [0.4, 0.5) is 0 Å². The summed E-state index contributed by atoms with van der Waals surface area (Å²) >= 11 is 0. The van der Waals surface area contributed by atoms with Crippen LogP contribution in [-0.4, -0.2) is 50.2 Å².